The van der Waals surface area contributed by atoms with Crippen LogP contribution in [0.1, 0.15) is 23.6 Å². The summed E-state index contributed by atoms with van der Waals surface area (Å²) in [5, 5.41) is 2.96. The topological polar surface area (TPSA) is 101 Å². The predicted molar refractivity (Wildman–Crippen MR) is 131 cm³/mol. The standard InChI is InChI=1S/C24H24N4O3S2/c1-3-18-12-7-9-16(2)22(18)25-24(29)20(15-17-10-5-4-6-11-17)28-33(30,31)21-14-8-13-19-23(21)27-32-26-19/h4-14,20,28H,3,15H2,1-2H3,(H,25,29)/t20-/m1/s1. The number of carbonyl (C=O) groups excluding carboxylic acids is 1. The van der Waals surface area contributed by atoms with Gasteiger partial charge in [-0.1, -0.05) is 61.5 Å². The first-order valence-corrected chi connectivity index (χ1v) is 12.8. The Hall–Kier alpha value is -3.14. The van der Waals surface area contributed by atoms with E-state index in [1.807, 2.05) is 62.4 Å². The Labute approximate surface area is 197 Å². The molecule has 0 saturated heterocycles. The molecule has 0 aliphatic heterocycles. The minimum Gasteiger partial charge on any atom is -0.324 e. The summed E-state index contributed by atoms with van der Waals surface area (Å²) in [5.41, 5.74) is 4.26. The molecule has 0 unspecified atom stereocenters. The normalized spacial score (nSPS) is 12.5. The Kier molecular flexibility index (Phi) is 6.83. The van der Waals surface area contributed by atoms with Crippen LogP contribution in [0.4, 0.5) is 5.69 Å². The van der Waals surface area contributed by atoms with E-state index in [1.54, 1.807) is 12.1 Å². The third kappa shape index (κ3) is 5.11. The van der Waals surface area contributed by atoms with Crippen LogP contribution in [0.5, 0.6) is 0 Å². The van der Waals surface area contributed by atoms with Gasteiger partial charge in [-0.25, -0.2) is 8.42 Å². The molecule has 0 aliphatic rings. The van der Waals surface area contributed by atoms with Gasteiger partial charge in [-0.2, -0.15) is 13.5 Å². The Balaban J connectivity index is 1.68. The molecule has 3 aromatic carbocycles. The number of amides is 1. The summed E-state index contributed by atoms with van der Waals surface area (Å²) in [6.07, 6.45) is 0.940. The predicted octanol–water partition coefficient (Wildman–Crippen LogP) is 4.09. The van der Waals surface area contributed by atoms with Gasteiger partial charge in [0.05, 0.1) is 11.7 Å². The lowest BCUT2D eigenvalue weighted by molar-refractivity contribution is -0.117. The fourth-order valence-electron chi connectivity index (χ4n) is 3.70. The zero-order valence-electron chi connectivity index (χ0n) is 18.3. The van der Waals surface area contributed by atoms with Crippen LogP contribution in [0.25, 0.3) is 11.0 Å². The lowest BCUT2D eigenvalue weighted by Crippen LogP contribution is -2.45. The van der Waals surface area contributed by atoms with Crippen molar-refractivity contribution in [1.29, 1.82) is 0 Å². The first kappa shape index (κ1) is 23.0. The zero-order chi connectivity index (χ0) is 23.4. The minimum absolute atomic E-state index is 0.00440. The van der Waals surface area contributed by atoms with E-state index < -0.39 is 22.0 Å². The van der Waals surface area contributed by atoms with Gasteiger partial charge in [0.1, 0.15) is 22.0 Å². The van der Waals surface area contributed by atoms with Gasteiger partial charge in [-0.3, -0.25) is 4.79 Å². The second-order valence-corrected chi connectivity index (χ2v) is 9.91. The van der Waals surface area contributed by atoms with Crippen molar-refractivity contribution in [3.8, 4) is 0 Å². The molecule has 4 aromatic rings. The number of aromatic nitrogens is 2. The maximum atomic E-state index is 13.4. The summed E-state index contributed by atoms with van der Waals surface area (Å²) < 4.78 is 37.5. The molecule has 4 rings (SSSR count). The highest BCUT2D eigenvalue weighted by Crippen LogP contribution is 2.24. The van der Waals surface area contributed by atoms with Crippen molar-refractivity contribution in [2.75, 3.05) is 5.32 Å². The number of nitrogens with one attached hydrogen (secondary N) is 2. The molecule has 1 heterocycles. The Bertz CT molecular complexity index is 1390. The van der Waals surface area contributed by atoms with E-state index in [2.05, 4.69) is 18.8 Å². The first-order chi connectivity index (χ1) is 15.9. The van der Waals surface area contributed by atoms with E-state index in [4.69, 9.17) is 0 Å². The van der Waals surface area contributed by atoms with Crippen molar-refractivity contribution < 1.29 is 13.2 Å². The van der Waals surface area contributed by atoms with Gasteiger partial charge in [-0.15, -0.1) is 0 Å². The fraction of sp³-hybridized carbons (Fsp3) is 0.208. The van der Waals surface area contributed by atoms with Gasteiger partial charge in [0.25, 0.3) is 0 Å². The highest BCUT2D eigenvalue weighted by Gasteiger charge is 2.28. The number of aryl methyl sites for hydroxylation is 2. The summed E-state index contributed by atoms with van der Waals surface area (Å²) in [6, 6.07) is 18.9. The zero-order valence-corrected chi connectivity index (χ0v) is 19.9. The van der Waals surface area contributed by atoms with E-state index in [9.17, 15) is 13.2 Å². The molecular weight excluding hydrogens is 456 g/mol. The number of hydrogen-bond acceptors (Lipinski definition) is 6. The van der Waals surface area contributed by atoms with E-state index in [1.165, 1.54) is 6.07 Å². The number of sulfonamides is 1. The molecule has 2 N–H and O–H groups in total. The lowest BCUT2D eigenvalue weighted by atomic mass is 10.0. The first-order valence-electron chi connectivity index (χ1n) is 10.6. The molecule has 9 heteroatoms. The van der Waals surface area contributed by atoms with Gasteiger partial charge in [0.2, 0.25) is 15.9 Å². The number of benzene rings is 3. The summed E-state index contributed by atoms with van der Waals surface area (Å²) in [6.45, 7) is 3.93. The van der Waals surface area contributed by atoms with Gasteiger partial charge in [0, 0.05) is 5.69 Å². The summed E-state index contributed by atoms with van der Waals surface area (Å²) >= 11 is 0.947. The maximum Gasteiger partial charge on any atom is 0.243 e. The van der Waals surface area contributed by atoms with Crippen LogP contribution in [0, 0.1) is 6.92 Å². The molecule has 0 saturated carbocycles. The average Bonchev–Trinajstić information content (AvgIpc) is 3.29. The van der Waals surface area contributed by atoms with E-state index in [-0.39, 0.29) is 11.3 Å². The van der Waals surface area contributed by atoms with Crippen LogP contribution in [0.15, 0.2) is 71.6 Å². The summed E-state index contributed by atoms with van der Waals surface area (Å²) in [4.78, 5) is 13.4. The lowest BCUT2D eigenvalue weighted by Gasteiger charge is -2.21. The third-order valence-electron chi connectivity index (χ3n) is 5.42. The number of anilines is 1. The van der Waals surface area contributed by atoms with Crippen molar-refractivity contribution in [2.45, 2.75) is 37.6 Å². The molecule has 33 heavy (non-hydrogen) atoms. The highest BCUT2D eigenvalue weighted by molar-refractivity contribution is 7.89. The summed E-state index contributed by atoms with van der Waals surface area (Å²) in [5.74, 6) is -0.421. The Morgan fingerprint density at radius 3 is 2.52 bits per heavy atom. The van der Waals surface area contributed by atoms with Crippen LogP contribution in [-0.4, -0.2) is 29.1 Å². The molecule has 0 bridgehead atoms. The maximum absolute atomic E-state index is 13.4. The van der Waals surface area contributed by atoms with Crippen LogP contribution in [0.2, 0.25) is 0 Å². The molecular formula is C24H24N4O3S2. The van der Waals surface area contributed by atoms with Crippen molar-refractivity contribution in [3.05, 3.63) is 83.4 Å². The molecule has 7 nitrogen and oxygen atoms in total. The third-order valence-corrected chi connectivity index (χ3v) is 7.47. The van der Waals surface area contributed by atoms with Crippen molar-refractivity contribution >= 4 is 44.4 Å². The largest absolute Gasteiger partial charge is 0.324 e. The number of para-hydroxylation sites is 1. The summed E-state index contributed by atoms with van der Waals surface area (Å²) in [7, 11) is -4.05. The molecule has 0 aliphatic carbocycles. The van der Waals surface area contributed by atoms with Crippen LogP contribution < -0.4 is 10.0 Å². The average molecular weight is 481 g/mol. The van der Waals surface area contributed by atoms with E-state index in [0.29, 0.717) is 16.7 Å². The minimum atomic E-state index is -4.05. The number of carbonyl (C=O) groups is 1. The van der Waals surface area contributed by atoms with Gasteiger partial charge >= 0.3 is 0 Å². The molecule has 0 radical (unpaired) electrons. The van der Waals surface area contributed by atoms with Crippen molar-refractivity contribution in [3.63, 3.8) is 0 Å². The van der Waals surface area contributed by atoms with Gasteiger partial charge in [-0.05, 0) is 48.6 Å². The second kappa shape index (κ2) is 9.78. The fourth-order valence-corrected chi connectivity index (χ4v) is 5.66. The Morgan fingerprint density at radius 2 is 1.76 bits per heavy atom. The van der Waals surface area contributed by atoms with Crippen molar-refractivity contribution in [2.24, 2.45) is 0 Å². The Morgan fingerprint density at radius 1 is 1.00 bits per heavy atom. The van der Waals surface area contributed by atoms with E-state index >= 15 is 0 Å². The second-order valence-electron chi connectivity index (χ2n) is 7.70. The van der Waals surface area contributed by atoms with Gasteiger partial charge < -0.3 is 5.32 Å². The molecule has 0 fully saturated rings. The van der Waals surface area contributed by atoms with E-state index in [0.717, 1.165) is 34.8 Å². The highest BCUT2D eigenvalue weighted by atomic mass is 32.2. The molecule has 1 atom stereocenters. The number of hydrogen-bond donors (Lipinski definition) is 2. The molecule has 1 amide bonds. The monoisotopic (exact) mass is 480 g/mol. The molecule has 0 spiro atoms. The number of rotatable bonds is 8. The van der Waals surface area contributed by atoms with Crippen LogP contribution in [-0.2, 0) is 27.7 Å². The smallest absolute Gasteiger partial charge is 0.243 e. The quantitative estimate of drug-likeness (QED) is 0.396. The van der Waals surface area contributed by atoms with Gasteiger partial charge in [0.15, 0.2) is 0 Å². The van der Waals surface area contributed by atoms with Crippen LogP contribution >= 0.6 is 11.7 Å². The SMILES string of the molecule is CCc1cccc(C)c1NC(=O)[C@@H](Cc1ccccc1)NS(=O)(=O)c1cccc2nsnc12. The number of nitrogens with zero attached hydrogens (tertiary/aromatic N) is 2. The number of fused-ring (bicyclic) bond motifs is 1. The molecule has 1 aromatic heterocycles. The van der Waals surface area contributed by atoms with Crippen LogP contribution in [0.3, 0.4) is 0 Å². The van der Waals surface area contributed by atoms with Crippen molar-refractivity contribution in [1.82, 2.24) is 13.5 Å². The molecule has 170 valence electrons.